The molecule has 7 nitrogen and oxygen atoms in total. The number of nitrogens with zero attached hydrogens (tertiary/aromatic N) is 2. The summed E-state index contributed by atoms with van der Waals surface area (Å²) in [5, 5.41) is 19.0. The van der Waals surface area contributed by atoms with Gasteiger partial charge < -0.3 is 10.4 Å². The highest BCUT2D eigenvalue weighted by molar-refractivity contribution is 7.99. The Kier molecular flexibility index (Phi) is 6.28. The van der Waals surface area contributed by atoms with Gasteiger partial charge in [0, 0.05) is 12.3 Å². The molecule has 8 heteroatoms. The summed E-state index contributed by atoms with van der Waals surface area (Å²) in [5.74, 6) is -0.133. The summed E-state index contributed by atoms with van der Waals surface area (Å²) in [4.78, 5) is 22.6. The van der Waals surface area contributed by atoms with Crippen molar-refractivity contribution in [3.63, 3.8) is 0 Å². The number of hydrogen-bond donors (Lipinski definition) is 3. The third-order valence-corrected chi connectivity index (χ3v) is 4.31. The summed E-state index contributed by atoms with van der Waals surface area (Å²) in [5.41, 5.74) is -1.10. The molecule has 0 spiro atoms. The van der Waals surface area contributed by atoms with E-state index in [9.17, 15) is 9.59 Å². The number of hydrogen-bond acceptors (Lipinski definition) is 5. The maximum absolute atomic E-state index is 11.5. The van der Waals surface area contributed by atoms with Gasteiger partial charge >= 0.3 is 11.7 Å². The largest absolute Gasteiger partial charge is 0.480 e. The average Bonchev–Trinajstić information content (AvgIpc) is 2.76. The molecule has 0 aromatic carbocycles. The van der Waals surface area contributed by atoms with Gasteiger partial charge in [-0.1, -0.05) is 18.7 Å². The number of aromatic nitrogens is 3. The van der Waals surface area contributed by atoms with Gasteiger partial charge in [0.2, 0.25) is 0 Å². The number of carboxylic acid groups (broad SMARTS) is 1. The summed E-state index contributed by atoms with van der Waals surface area (Å²) in [6.45, 7) is 4.31. The molecule has 0 saturated carbocycles. The first-order valence-electron chi connectivity index (χ1n) is 6.65. The Bertz CT molecular complexity index is 499. The van der Waals surface area contributed by atoms with Gasteiger partial charge in [0.05, 0.1) is 0 Å². The highest BCUT2D eigenvalue weighted by atomic mass is 32.2. The number of aromatic amines is 1. The molecule has 1 rings (SSSR count). The number of likely N-dealkylation sites (N-methyl/N-ethyl adjacent to an activating group) is 1. The molecule has 1 aromatic heterocycles. The Hall–Kier alpha value is -1.28. The van der Waals surface area contributed by atoms with Crippen molar-refractivity contribution >= 4 is 17.7 Å². The lowest BCUT2D eigenvalue weighted by Gasteiger charge is -2.23. The van der Waals surface area contributed by atoms with Crippen LogP contribution in [0.25, 0.3) is 0 Å². The van der Waals surface area contributed by atoms with Crippen molar-refractivity contribution in [2.45, 2.75) is 50.4 Å². The molecule has 0 radical (unpaired) electrons. The molecule has 1 aromatic rings. The number of rotatable bonds is 9. The molecule has 20 heavy (non-hydrogen) atoms. The van der Waals surface area contributed by atoms with Crippen molar-refractivity contribution < 1.29 is 9.90 Å². The maximum Gasteiger partial charge on any atom is 0.343 e. The van der Waals surface area contributed by atoms with Crippen LogP contribution in [0.4, 0.5) is 0 Å². The molecule has 0 bridgehead atoms. The van der Waals surface area contributed by atoms with E-state index in [2.05, 4.69) is 15.5 Å². The van der Waals surface area contributed by atoms with Crippen molar-refractivity contribution in [1.29, 1.82) is 0 Å². The fourth-order valence-electron chi connectivity index (χ4n) is 1.76. The summed E-state index contributed by atoms with van der Waals surface area (Å²) in [7, 11) is 1.65. The van der Waals surface area contributed by atoms with Gasteiger partial charge in [0.15, 0.2) is 5.16 Å². The number of carboxylic acids is 1. The van der Waals surface area contributed by atoms with E-state index >= 15 is 0 Å². The molecule has 1 unspecified atom stereocenters. The number of H-pyrrole nitrogens is 1. The number of thioether (sulfide) groups is 1. The van der Waals surface area contributed by atoms with E-state index in [-0.39, 0.29) is 5.69 Å². The van der Waals surface area contributed by atoms with E-state index in [0.29, 0.717) is 18.1 Å². The molecule has 1 atom stereocenters. The molecule has 1 heterocycles. The fraction of sp³-hybridized carbons (Fsp3) is 0.750. The first-order valence-corrected chi connectivity index (χ1v) is 7.63. The van der Waals surface area contributed by atoms with Crippen LogP contribution < -0.4 is 11.0 Å². The minimum Gasteiger partial charge on any atom is -0.480 e. The number of carbonyl (C=O) groups is 1. The third-order valence-electron chi connectivity index (χ3n) is 3.25. The second-order valence-corrected chi connectivity index (χ2v) is 5.86. The quantitative estimate of drug-likeness (QED) is 0.463. The lowest BCUT2D eigenvalue weighted by molar-refractivity contribution is -0.144. The smallest absolute Gasteiger partial charge is 0.343 e. The lowest BCUT2D eigenvalue weighted by atomic mass is 9.97. The van der Waals surface area contributed by atoms with Crippen LogP contribution in [-0.4, -0.2) is 44.2 Å². The summed E-state index contributed by atoms with van der Waals surface area (Å²) < 4.78 is 1.61. The van der Waals surface area contributed by atoms with E-state index in [1.165, 1.54) is 11.8 Å². The van der Waals surface area contributed by atoms with Crippen molar-refractivity contribution in [2.75, 3.05) is 12.8 Å². The van der Waals surface area contributed by atoms with Crippen molar-refractivity contribution in [1.82, 2.24) is 20.1 Å². The predicted octanol–water partition coefficient (Wildman–Crippen LogP) is 0.916. The molecule has 0 saturated heterocycles. The zero-order valence-corrected chi connectivity index (χ0v) is 12.9. The highest BCUT2D eigenvalue weighted by Crippen LogP contribution is 2.19. The van der Waals surface area contributed by atoms with Crippen molar-refractivity contribution in [2.24, 2.45) is 0 Å². The van der Waals surface area contributed by atoms with Crippen LogP contribution in [0.5, 0.6) is 0 Å². The van der Waals surface area contributed by atoms with Crippen LogP contribution >= 0.6 is 11.8 Å². The van der Waals surface area contributed by atoms with E-state index in [4.69, 9.17) is 5.11 Å². The van der Waals surface area contributed by atoms with E-state index in [1.807, 2.05) is 6.92 Å². The molecule has 0 aliphatic carbocycles. The van der Waals surface area contributed by atoms with Gasteiger partial charge in [0.25, 0.3) is 0 Å². The Morgan fingerprint density at radius 1 is 1.60 bits per heavy atom. The van der Waals surface area contributed by atoms with Crippen LogP contribution in [-0.2, 0) is 11.3 Å². The second kappa shape index (κ2) is 7.49. The zero-order chi connectivity index (χ0) is 15.2. The minimum atomic E-state index is -0.908. The SMILES string of the molecule is CCCn1c(SCCCC(C)(NC)C(=O)O)n[nH]c1=O. The monoisotopic (exact) mass is 302 g/mol. The van der Waals surface area contributed by atoms with Crippen LogP contribution in [0.1, 0.15) is 33.1 Å². The molecule has 0 amide bonds. The molecule has 0 fully saturated rings. The van der Waals surface area contributed by atoms with Crippen LogP contribution in [0.3, 0.4) is 0 Å². The minimum absolute atomic E-state index is 0.194. The molecule has 114 valence electrons. The molecule has 0 aliphatic heterocycles. The fourth-order valence-corrected chi connectivity index (χ4v) is 2.67. The van der Waals surface area contributed by atoms with Gasteiger partial charge in [-0.3, -0.25) is 9.36 Å². The maximum atomic E-state index is 11.5. The van der Waals surface area contributed by atoms with Gasteiger partial charge in [-0.2, -0.15) is 0 Å². The predicted molar refractivity (Wildman–Crippen MR) is 78.2 cm³/mol. The van der Waals surface area contributed by atoms with E-state index in [0.717, 1.165) is 18.6 Å². The topological polar surface area (TPSA) is 100 Å². The van der Waals surface area contributed by atoms with Crippen LogP contribution in [0.15, 0.2) is 9.95 Å². The van der Waals surface area contributed by atoms with Crippen LogP contribution in [0, 0.1) is 0 Å². The zero-order valence-electron chi connectivity index (χ0n) is 12.1. The van der Waals surface area contributed by atoms with E-state index < -0.39 is 11.5 Å². The first-order chi connectivity index (χ1) is 9.44. The molecule has 3 N–H and O–H groups in total. The number of nitrogens with one attached hydrogen (secondary N) is 2. The Balaban J connectivity index is 2.49. The van der Waals surface area contributed by atoms with Gasteiger partial charge in [-0.15, -0.1) is 5.10 Å². The second-order valence-electron chi connectivity index (χ2n) is 4.80. The van der Waals surface area contributed by atoms with E-state index in [1.54, 1.807) is 18.5 Å². The highest BCUT2D eigenvalue weighted by Gasteiger charge is 2.30. The lowest BCUT2D eigenvalue weighted by Crippen LogP contribution is -2.47. The normalized spacial score (nSPS) is 14.2. The standard InChI is InChI=1S/C12H22N4O3S/c1-4-7-16-10(19)14-15-11(16)20-8-5-6-12(2,13-3)9(17)18/h13H,4-8H2,1-3H3,(H,14,19)(H,17,18). The van der Waals surface area contributed by atoms with Crippen molar-refractivity contribution in [3.05, 3.63) is 10.5 Å². The van der Waals surface area contributed by atoms with Gasteiger partial charge in [-0.05, 0) is 33.2 Å². The Labute approximate surface area is 122 Å². The summed E-state index contributed by atoms with van der Waals surface area (Å²) in [6.07, 6.45) is 2.11. The Morgan fingerprint density at radius 3 is 2.85 bits per heavy atom. The average molecular weight is 302 g/mol. The Morgan fingerprint density at radius 2 is 2.30 bits per heavy atom. The van der Waals surface area contributed by atoms with Gasteiger partial charge in [-0.25, -0.2) is 9.89 Å². The third kappa shape index (κ3) is 4.11. The van der Waals surface area contributed by atoms with Crippen LogP contribution in [0.2, 0.25) is 0 Å². The summed E-state index contributed by atoms with van der Waals surface area (Å²) >= 11 is 1.47. The van der Waals surface area contributed by atoms with Gasteiger partial charge in [0.1, 0.15) is 5.54 Å². The first kappa shape index (κ1) is 16.8. The summed E-state index contributed by atoms with van der Waals surface area (Å²) in [6, 6.07) is 0. The number of aliphatic carboxylic acids is 1. The molecular weight excluding hydrogens is 280 g/mol. The molecular formula is C12H22N4O3S. The molecule has 0 aliphatic rings. The van der Waals surface area contributed by atoms with Crippen molar-refractivity contribution in [3.8, 4) is 0 Å².